The molecule has 0 aliphatic rings. The maximum absolute atomic E-state index is 12.4. The van der Waals surface area contributed by atoms with Crippen LogP contribution in [0.2, 0.25) is 0 Å². The van der Waals surface area contributed by atoms with Gasteiger partial charge in [0, 0.05) is 7.11 Å². The molecule has 0 spiro atoms. The minimum Gasteiger partial charge on any atom is -0.404 e. The molecule has 0 fully saturated rings. The third kappa shape index (κ3) is 6.00. The molecular formula is C17H18F3N3O2. The molecule has 0 saturated heterocycles. The third-order valence-electron chi connectivity index (χ3n) is 3.26. The summed E-state index contributed by atoms with van der Waals surface area (Å²) < 4.78 is 46.6. The third-order valence-corrected chi connectivity index (χ3v) is 3.26. The first-order valence-corrected chi connectivity index (χ1v) is 7.38. The Bertz CT molecular complexity index is 706. The second kappa shape index (κ2) is 8.39. The highest BCUT2D eigenvalue weighted by Gasteiger charge is 2.32. The van der Waals surface area contributed by atoms with E-state index in [1.54, 1.807) is 13.2 Å². The highest BCUT2D eigenvalue weighted by atomic mass is 19.4. The van der Waals surface area contributed by atoms with E-state index in [4.69, 9.17) is 10.5 Å². The number of anilines is 1. The number of hydrogen-bond donors (Lipinski definition) is 2. The zero-order valence-corrected chi connectivity index (χ0v) is 13.5. The van der Waals surface area contributed by atoms with Crippen molar-refractivity contribution < 1.29 is 22.6 Å². The number of hydrogen-bond acceptors (Lipinski definition) is 3. The van der Waals surface area contributed by atoms with E-state index in [0.29, 0.717) is 0 Å². The van der Waals surface area contributed by atoms with Crippen molar-refractivity contribution in [3.63, 3.8) is 0 Å². The highest BCUT2D eigenvalue weighted by Crippen LogP contribution is 2.29. The molecule has 1 atom stereocenters. The number of nitrogens with one attached hydrogen (secondary N) is 1. The molecule has 25 heavy (non-hydrogen) atoms. The molecule has 0 heterocycles. The van der Waals surface area contributed by atoms with Gasteiger partial charge in [0.25, 0.3) is 0 Å². The van der Waals surface area contributed by atoms with Crippen LogP contribution in [-0.2, 0) is 4.74 Å². The van der Waals surface area contributed by atoms with Crippen LogP contribution in [0.5, 0.6) is 5.75 Å². The number of nitrogens with two attached hydrogens (primary N) is 1. The van der Waals surface area contributed by atoms with E-state index in [0.717, 1.165) is 5.56 Å². The van der Waals surface area contributed by atoms with Crippen LogP contribution < -0.4 is 15.8 Å². The molecule has 2 aromatic carbocycles. The van der Waals surface area contributed by atoms with Crippen LogP contribution in [0.3, 0.4) is 0 Å². The van der Waals surface area contributed by atoms with Crippen LogP contribution in [0.4, 0.5) is 18.9 Å². The first kappa shape index (κ1) is 18.6. The molecule has 2 rings (SSSR count). The fraction of sp³-hybridized carbons (Fsp3) is 0.235. The van der Waals surface area contributed by atoms with Crippen LogP contribution >= 0.6 is 0 Å². The minimum absolute atomic E-state index is 0.0452. The Morgan fingerprint density at radius 2 is 1.76 bits per heavy atom. The molecule has 0 bridgehead atoms. The van der Waals surface area contributed by atoms with Gasteiger partial charge in [-0.25, -0.2) is 0 Å². The Labute approximate surface area is 143 Å². The van der Waals surface area contributed by atoms with Crippen molar-refractivity contribution in [2.24, 2.45) is 10.7 Å². The number of para-hydroxylation sites is 2. The zero-order valence-electron chi connectivity index (χ0n) is 13.5. The number of halogens is 3. The molecule has 8 heteroatoms. The average Bonchev–Trinajstić information content (AvgIpc) is 2.57. The smallest absolute Gasteiger partial charge is 0.404 e. The lowest BCUT2D eigenvalue weighted by Gasteiger charge is -2.15. The van der Waals surface area contributed by atoms with Gasteiger partial charge in [0.05, 0.1) is 12.2 Å². The molecule has 5 nitrogen and oxygen atoms in total. The second-order valence-corrected chi connectivity index (χ2v) is 5.03. The van der Waals surface area contributed by atoms with Gasteiger partial charge in [-0.05, 0) is 17.7 Å². The Balaban J connectivity index is 2.06. The molecule has 3 N–H and O–H groups in total. The maximum atomic E-state index is 12.4. The summed E-state index contributed by atoms with van der Waals surface area (Å²) in [5.41, 5.74) is 6.75. The van der Waals surface area contributed by atoms with Gasteiger partial charge in [0.15, 0.2) is 11.7 Å². The molecule has 134 valence electrons. The summed E-state index contributed by atoms with van der Waals surface area (Å²) in [6.45, 7) is 0.210. The van der Waals surface area contributed by atoms with Gasteiger partial charge in [0.2, 0.25) is 0 Å². The van der Waals surface area contributed by atoms with Gasteiger partial charge in [-0.1, -0.05) is 42.5 Å². The van der Waals surface area contributed by atoms with Crippen LogP contribution in [0.25, 0.3) is 0 Å². The van der Waals surface area contributed by atoms with Crippen molar-refractivity contribution in [3.05, 3.63) is 60.2 Å². The van der Waals surface area contributed by atoms with Gasteiger partial charge < -0.3 is 20.5 Å². The average molecular weight is 353 g/mol. The molecule has 0 aromatic heterocycles. The normalized spacial score (nSPS) is 13.4. The Morgan fingerprint density at radius 3 is 2.40 bits per heavy atom. The summed E-state index contributed by atoms with van der Waals surface area (Å²) in [6.07, 6.45) is -5.11. The van der Waals surface area contributed by atoms with Crippen molar-refractivity contribution in [3.8, 4) is 5.75 Å². The summed E-state index contributed by atoms with van der Waals surface area (Å²) in [5, 5.41) is 2.61. The van der Waals surface area contributed by atoms with E-state index >= 15 is 0 Å². The van der Waals surface area contributed by atoms with Crippen molar-refractivity contribution in [1.29, 1.82) is 0 Å². The van der Waals surface area contributed by atoms with Crippen LogP contribution in [-0.4, -0.2) is 26.0 Å². The monoisotopic (exact) mass is 353 g/mol. The number of alkyl halides is 3. The first-order chi connectivity index (χ1) is 11.9. The molecule has 0 radical (unpaired) electrons. The van der Waals surface area contributed by atoms with Gasteiger partial charge in [-0.15, -0.1) is 13.2 Å². The lowest BCUT2D eigenvalue weighted by Crippen LogP contribution is -2.25. The van der Waals surface area contributed by atoms with E-state index < -0.39 is 6.36 Å². The van der Waals surface area contributed by atoms with Crippen molar-refractivity contribution in [1.82, 2.24) is 0 Å². The molecule has 0 aliphatic heterocycles. The molecular weight excluding hydrogens is 335 g/mol. The Hall–Kier alpha value is -2.74. The second-order valence-electron chi connectivity index (χ2n) is 5.03. The first-order valence-electron chi connectivity index (χ1n) is 7.38. The number of benzene rings is 2. The molecule has 0 amide bonds. The number of rotatable bonds is 6. The maximum Gasteiger partial charge on any atom is 0.573 e. The summed E-state index contributed by atoms with van der Waals surface area (Å²) in [5.74, 6) is -0.435. The fourth-order valence-corrected chi connectivity index (χ4v) is 2.13. The van der Waals surface area contributed by atoms with Crippen LogP contribution in [0, 0.1) is 0 Å². The van der Waals surface area contributed by atoms with Gasteiger partial charge in [-0.3, -0.25) is 4.99 Å². The number of methoxy groups -OCH3 is 1. The Kier molecular flexibility index (Phi) is 6.24. The van der Waals surface area contributed by atoms with Gasteiger partial charge in [0.1, 0.15) is 6.10 Å². The highest BCUT2D eigenvalue weighted by molar-refractivity contribution is 5.93. The van der Waals surface area contributed by atoms with E-state index in [9.17, 15) is 13.2 Å². The fourth-order valence-electron chi connectivity index (χ4n) is 2.13. The Morgan fingerprint density at radius 1 is 1.12 bits per heavy atom. The predicted molar refractivity (Wildman–Crippen MR) is 89.4 cm³/mol. The lowest BCUT2D eigenvalue weighted by molar-refractivity contribution is -0.274. The summed E-state index contributed by atoms with van der Waals surface area (Å²) in [6, 6.07) is 15.0. The van der Waals surface area contributed by atoms with Crippen molar-refractivity contribution in [2.45, 2.75) is 12.5 Å². The zero-order chi connectivity index (χ0) is 18.3. The summed E-state index contributed by atoms with van der Waals surface area (Å²) in [4.78, 5) is 4.13. The molecule has 1 unspecified atom stereocenters. The largest absolute Gasteiger partial charge is 0.573 e. The standard InChI is InChI=1S/C17H18F3N3O2/c1-24-15(12-7-3-2-4-8-12)11-22-16(21)23-13-9-5-6-10-14(13)25-17(18,19)20/h2-10,15H,11H2,1H3,(H3,21,22,23). The van der Waals surface area contributed by atoms with Gasteiger partial charge >= 0.3 is 6.36 Å². The van der Waals surface area contributed by atoms with E-state index in [2.05, 4.69) is 15.0 Å². The van der Waals surface area contributed by atoms with E-state index in [1.807, 2.05) is 30.3 Å². The number of guanidine groups is 1. The summed E-state index contributed by atoms with van der Waals surface area (Å²) in [7, 11) is 1.54. The molecule has 0 saturated carbocycles. The number of ether oxygens (including phenoxy) is 2. The summed E-state index contributed by atoms with van der Waals surface area (Å²) >= 11 is 0. The molecule has 2 aromatic rings. The number of nitrogens with zero attached hydrogens (tertiary/aromatic N) is 1. The van der Waals surface area contributed by atoms with E-state index in [-0.39, 0.29) is 30.0 Å². The van der Waals surface area contributed by atoms with Crippen LogP contribution in [0.15, 0.2) is 59.6 Å². The van der Waals surface area contributed by atoms with E-state index in [1.165, 1.54) is 18.2 Å². The quantitative estimate of drug-likeness (QED) is 0.614. The van der Waals surface area contributed by atoms with Crippen LogP contribution in [0.1, 0.15) is 11.7 Å². The predicted octanol–water partition coefficient (Wildman–Crippen LogP) is 3.70. The van der Waals surface area contributed by atoms with Crippen molar-refractivity contribution >= 4 is 11.6 Å². The SMILES string of the molecule is COC(CN=C(N)Nc1ccccc1OC(F)(F)F)c1ccccc1. The van der Waals surface area contributed by atoms with Crippen molar-refractivity contribution in [2.75, 3.05) is 19.0 Å². The molecule has 0 aliphatic carbocycles. The minimum atomic E-state index is -4.79. The topological polar surface area (TPSA) is 68.9 Å². The lowest BCUT2D eigenvalue weighted by atomic mass is 10.1. The number of aliphatic imine (C=N–C) groups is 1. The van der Waals surface area contributed by atoms with Gasteiger partial charge in [-0.2, -0.15) is 0 Å².